The van der Waals surface area contributed by atoms with Gasteiger partial charge in [-0.2, -0.15) is 0 Å². The molecule has 0 bridgehead atoms. The molecule has 15 nitrogen and oxygen atoms in total. The summed E-state index contributed by atoms with van der Waals surface area (Å²) in [5.41, 5.74) is -1.66. The number of aromatic nitrogens is 2. The van der Waals surface area contributed by atoms with Crippen LogP contribution in [0.4, 0.5) is 0 Å². The van der Waals surface area contributed by atoms with E-state index in [4.69, 9.17) is 14.5 Å². The Morgan fingerprint density at radius 3 is 1.75 bits per heavy atom. The number of nitrogens with zero attached hydrogens (tertiary/aromatic N) is 3. The highest BCUT2D eigenvalue weighted by Crippen LogP contribution is 2.55. The second-order valence-electron chi connectivity index (χ2n) is 8.67. The van der Waals surface area contributed by atoms with Crippen molar-refractivity contribution >= 4 is 31.1 Å². The first kappa shape index (κ1) is 39.3. The Kier molecular flexibility index (Phi) is 18.4. The molecule has 1 unspecified atom stereocenters. The van der Waals surface area contributed by atoms with Crippen molar-refractivity contribution in [3.8, 4) is 0 Å². The molecule has 1 aromatic heterocycles. The molecule has 2 rings (SSSR count). The minimum atomic E-state index is -4.83. The van der Waals surface area contributed by atoms with Crippen molar-refractivity contribution in [3.05, 3.63) is 31.5 Å². The van der Waals surface area contributed by atoms with E-state index < -0.39 is 63.5 Å². The van der Waals surface area contributed by atoms with Crippen LogP contribution in [0.2, 0.25) is 0 Å². The molecule has 236 valence electrons. The fourth-order valence-electron chi connectivity index (χ4n) is 3.55. The normalized spacial score (nSPS) is 22.4. The molecule has 18 heteroatoms. The van der Waals surface area contributed by atoms with Gasteiger partial charge in [0.2, 0.25) is 0 Å². The molecule has 0 aromatic carbocycles. The Morgan fingerprint density at radius 1 is 0.925 bits per heavy atom. The summed E-state index contributed by atoms with van der Waals surface area (Å²) in [5, 5.41) is 20.0. The van der Waals surface area contributed by atoms with Crippen LogP contribution in [0, 0.1) is 0 Å². The van der Waals surface area contributed by atoms with Gasteiger partial charge in [0, 0.05) is 6.20 Å². The summed E-state index contributed by atoms with van der Waals surface area (Å²) in [6.07, 6.45) is -5.11. The van der Waals surface area contributed by atoms with Crippen molar-refractivity contribution in [3.63, 3.8) is 0 Å². The standard InChI is InChI=1S/C10H15BrN2O11P2.2C6H15N/c11-4-1-13(10(17)12-8(4)16)9-7(15)6(14)5(24-9)2-23-26(21,22)3-25(18,19)20;2*1-4-7(5-2)6-3/h1,5-7,9,14-15H,2-3H2,(H,21,22)(H,12,16,17)(H2,18,19,20);2*4-6H2,1-3H3/t5-,6-,7-,9-;;/m1../s1. The molecule has 1 aliphatic heterocycles. The van der Waals surface area contributed by atoms with E-state index in [1.54, 1.807) is 0 Å². The summed E-state index contributed by atoms with van der Waals surface area (Å²) >= 11 is 2.89. The molecule has 5 atom stereocenters. The lowest BCUT2D eigenvalue weighted by molar-refractivity contribution is -0.0525. The van der Waals surface area contributed by atoms with Gasteiger partial charge < -0.3 is 44.0 Å². The molecule has 2 heterocycles. The summed E-state index contributed by atoms with van der Waals surface area (Å²) in [6, 6.07) is 0. The van der Waals surface area contributed by atoms with E-state index in [1.165, 1.54) is 39.3 Å². The van der Waals surface area contributed by atoms with Gasteiger partial charge in [0.05, 0.1) is 11.1 Å². The van der Waals surface area contributed by atoms with E-state index >= 15 is 0 Å². The Hall–Kier alpha value is -0.740. The highest BCUT2D eigenvalue weighted by molar-refractivity contribution is 9.10. The van der Waals surface area contributed by atoms with Crippen LogP contribution in [0.25, 0.3) is 0 Å². The Bertz CT molecular complexity index is 1050. The molecule has 0 aliphatic carbocycles. The fraction of sp³-hybridized carbons (Fsp3) is 0.818. The highest BCUT2D eigenvalue weighted by Gasteiger charge is 2.45. The summed E-state index contributed by atoms with van der Waals surface area (Å²) in [5.74, 6) is -1.43. The number of ether oxygens (including phenoxy) is 1. The lowest BCUT2D eigenvalue weighted by atomic mass is 10.1. The number of nitrogens with one attached hydrogen (secondary N) is 1. The summed E-state index contributed by atoms with van der Waals surface area (Å²) in [6.45, 7) is 19.5. The number of aliphatic hydroxyl groups is 2. The van der Waals surface area contributed by atoms with E-state index in [0.717, 1.165) is 10.8 Å². The van der Waals surface area contributed by atoms with Crippen LogP contribution in [0.1, 0.15) is 47.8 Å². The Morgan fingerprint density at radius 2 is 1.38 bits per heavy atom. The van der Waals surface area contributed by atoms with Crippen molar-refractivity contribution in [1.82, 2.24) is 19.4 Å². The smallest absolute Gasteiger partial charge is 0.340 e. The zero-order valence-electron chi connectivity index (χ0n) is 23.8. The molecule has 6 N–H and O–H groups in total. The lowest BCUT2D eigenvalue weighted by Gasteiger charge is -2.18. The van der Waals surface area contributed by atoms with Gasteiger partial charge in [0.1, 0.15) is 18.3 Å². The zero-order chi connectivity index (χ0) is 31.3. The molecular weight excluding hydrogens is 638 g/mol. The molecule has 1 fully saturated rings. The summed E-state index contributed by atoms with van der Waals surface area (Å²) < 4.78 is 32.9. The lowest BCUT2D eigenvalue weighted by Crippen LogP contribution is -2.38. The SMILES string of the molecule is CCN(CC)CC.CCN(CC)CC.O=c1[nH]c(=O)n([C@@H]2O[C@H](COP(=O)(O)CP(=O)(O)O)[C@@H](O)[C@H]2O)cc1Br. The number of aliphatic hydroxyl groups excluding tert-OH is 2. The third-order valence-electron chi connectivity index (χ3n) is 6.02. The van der Waals surface area contributed by atoms with Crippen molar-refractivity contribution < 1.29 is 43.3 Å². The molecule has 1 aromatic rings. The molecular formula is C22H45BrN4O11P2. The monoisotopic (exact) mass is 682 g/mol. The van der Waals surface area contributed by atoms with Gasteiger partial charge in [-0.25, -0.2) is 4.79 Å². The highest BCUT2D eigenvalue weighted by atomic mass is 79.9. The first-order chi connectivity index (χ1) is 18.5. The van der Waals surface area contributed by atoms with Crippen molar-refractivity contribution in [2.24, 2.45) is 0 Å². The molecule has 1 saturated heterocycles. The summed E-state index contributed by atoms with van der Waals surface area (Å²) in [4.78, 5) is 56.7. The van der Waals surface area contributed by atoms with Crippen LogP contribution in [0.15, 0.2) is 20.3 Å². The molecule has 0 amide bonds. The van der Waals surface area contributed by atoms with Gasteiger partial charge in [-0.05, 0) is 55.2 Å². The number of rotatable bonds is 12. The van der Waals surface area contributed by atoms with Crippen LogP contribution >= 0.6 is 31.1 Å². The maximum atomic E-state index is 11.8. The second-order valence-corrected chi connectivity index (χ2v) is 13.5. The van der Waals surface area contributed by atoms with Crippen molar-refractivity contribution in [2.75, 3.05) is 51.8 Å². The molecule has 0 saturated carbocycles. The van der Waals surface area contributed by atoms with Crippen LogP contribution < -0.4 is 11.2 Å². The third-order valence-corrected chi connectivity index (χ3v) is 10.0. The average molecular weight is 683 g/mol. The Balaban J connectivity index is 0.000000894. The van der Waals surface area contributed by atoms with E-state index in [0.29, 0.717) is 0 Å². The van der Waals surface area contributed by atoms with E-state index in [2.05, 4.69) is 71.8 Å². The minimum absolute atomic E-state index is 0.0522. The zero-order valence-corrected chi connectivity index (χ0v) is 27.2. The van der Waals surface area contributed by atoms with Crippen LogP contribution in [-0.4, -0.2) is 114 Å². The number of halogens is 1. The topological polar surface area (TPSA) is 215 Å². The molecule has 0 radical (unpaired) electrons. The average Bonchev–Trinajstić information content (AvgIpc) is 3.15. The number of aromatic amines is 1. The van der Waals surface area contributed by atoms with Crippen molar-refractivity contribution in [1.29, 1.82) is 0 Å². The molecule has 1 aliphatic rings. The first-order valence-corrected chi connectivity index (χ1v) is 17.3. The van der Waals surface area contributed by atoms with Gasteiger partial charge in [-0.1, -0.05) is 41.5 Å². The quantitative estimate of drug-likeness (QED) is 0.170. The van der Waals surface area contributed by atoms with Crippen LogP contribution in [-0.2, 0) is 18.4 Å². The van der Waals surface area contributed by atoms with E-state index in [1.807, 2.05) is 4.98 Å². The Labute approximate surface area is 242 Å². The van der Waals surface area contributed by atoms with Crippen LogP contribution in [0.5, 0.6) is 0 Å². The maximum Gasteiger partial charge on any atom is 0.340 e. The van der Waals surface area contributed by atoms with Gasteiger partial charge in [-0.15, -0.1) is 0 Å². The maximum absolute atomic E-state index is 11.8. The predicted molar refractivity (Wildman–Crippen MR) is 155 cm³/mol. The van der Waals surface area contributed by atoms with Gasteiger partial charge in [0.15, 0.2) is 12.1 Å². The third kappa shape index (κ3) is 14.0. The molecule has 40 heavy (non-hydrogen) atoms. The van der Waals surface area contributed by atoms with Gasteiger partial charge >= 0.3 is 20.9 Å². The number of H-pyrrole nitrogens is 1. The predicted octanol–water partition coefficient (Wildman–Crippen LogP) is 0.952. The van der Waals surface area contributed by atoms with Gasteiger partial charge in [0.25, 0.3) is 5.56 Å². The molecule has 0 spiro atoms. The number of hydrogen-bond acceptors (Lipinski definition) is 10. The van der Waals surface area contributed by atoms with Crippen LogP contribution in [0.3, 0.4) is 0 Å². The minimum Gasteiger partial charge on any atom is -0.387 e. The first-order valence-electron chi connectivity index (χ1n) is 13.0. The van der Waals surface area contributed by atoms with E-state index in [-0.39, 0.29) is 4.47 Å². The second kappa shape index (κ2) is 18.7. The van der Waals surface area contributed by atoms with E-state index in [9.17, 15) is 33.8 Å². The largest absolute Gasteiger partial charge is 0.387 e. The van der Waals surface area contributed by atoms with Gasteiger partial charge in [-0.3, -0.25) is 23.5 Å². The summed E-state index contributed by atoms with van der Waals surface area (Å²) in [7, 11) is -9.52. The fourth-order valence-corrected chi connectivity index (χ4v) is 6.44. The number of hydrogen-bond donors (Lipinski definition) is 6. The van der Waals surface area contributed by atoms with Crippen molar-refractivity contribution in [2.45, 2.75) is 66.1 Å².